The maximum atomic E-state index is 12.7. The Morgan fingerprint density at radius 1 is 1.17 bits per heavy atom. The van der Waals surface area contributed by atoms with E-state index in [2.05, 4.69) is 38.1 Å². The summed E-state index contributed by atoms with van der Waals surface area (Å²) in [6, 6.07) is 17.0. The molecule has 8 nitrogen and oxygen atoms in total. The van der Waals surface area contributed by atoms with Crippen LogP contribution < -0.4 is 11.1 Å². The second-order valence-electron chi connectivity index (χ2n) is 8.64. The first kappa shape index (κ1) is 23.1. The Balaban J connectivity index is 1.47. The van der Waals surface area contributed by atoms with Crippen LogP contribution in [0, 0.1) is 23.2 Å². The molecule has 0 spiro atoms. The Bertz CT molecular complexity index is 1540. The number of nitrogens with one attached hydrogen (secondary N) is 1. The number of nitrogens with zero attached hydrogens (tertiary/aromatic N) is 5. The number of aromatic nitrogens is 3. The van der Waals surface area contributed by atoms with Crippen LogP contribution in [0.5, 0.6) is 0 Å². The average molecular weight is 476 g/mol. The van der Waals surface area contributed by atoms with Gasteiger partial charge in [-0.1, -0.05) is 18.1 Å². The lowest BCUT2D eigenvalue weighted by molar-refractivity contribution is 0.102. The molecule has 4 aromatic rings. The molecule has 1 amide bonds. The third kappa shape index (κ3) is 4.38. The summed E-state index contributed by atoms with van der Waals surface area (Å²) >= 11 is 0. The summed E-state index contributed by atoms with van der Waals surface area (Å²) in [5.74, 6) is 6.65. The summed E-state index contributed by atoms with van der Waals surface area (Å²) in [4.78, 5) is 23.6. The van der Waals surface area contributed by atoms with Gasteiger partial charge in [-0.15, -0.1) is 5.92 Å². The molecule has 36 heavy (non-hydrogen) atoms. The van der Waals surface area contributed by atoms with Crippen molar-refractivity contribution in [1.29, 1.82) is 5.26 Å². The molecule has 3 N–H and O–H groups in total. The third-order valence-electron chi connectivity index (χ3n) is 6.49. The zero-order valence-electron chi connectivity index (χ0n) is 19.9. The van der Waals surface area contributed by atoms with Gasteiger partial charge in [-0.05, 0) is 73.8 Å². The molecule has 4 heterocycles. The van der Waals surface area contributed by atoms with Crippen molar-refractivity contribution < 1.29 is 4.79 Å². The van der Waals surface area contributed by atoms with Crippen molar-refractivity contribution in [2.75, 3.05) is 24.1 Å². The zero-order chi connectivity index (χ0) is 25.1. The second kappa shape index (κ2) is 9.91. The SMILES string of the molecule is CC#CCN1CCCC1c1cc(-c2ccc(C(=O)Nc3cc(C#N)ccn3)cc2)n2c(N)nccc12. The number of fused-ring (bicyclic) bond motifs is 1. The van der Waals surface area contributed by atoms with Gasteiger partial charge in [0.05, 0.1) is 29.4 Å². The van der Waals surface area contributed by atoms with Gasteiger partial charge < -0.3 is 11.1 Å². The second-order valence-corrected chi connectivity index (χ2v) is 8.64. The molecule has 0 saturated carbocycles. The van der Waals surface area contributed by atoms with E-state index in [9.17, 15) is 4.79 Å². The molecular weight excluding hydrogens is 450 g/mol. The number of carbonyl (C=O) groups is 1. The molecule has 0 aliphatic carbocycles. The lowest BCUT2D eigenvalue weighted by Gasteiger charge is -2.21. The molecule has 3 aromatic heterocycles. The fourth-order valence-corrected chi connectivity index (χ4v) is 4.78. The van der Waals surface area contributed by atoms with E-state index in [0.717, 1.165) is 42.7 Å². The van der Waals surface area contributed by atoms with Crippen LogP contribution in [0.1, 0.15) is 47.3 Å². The highest BCUT2D eigenvalue weighted by molar-refractivity contribution is 6.04. The number of nitriles is 1. The van der Waals surface area contributed by atoms with Crippen LogP contribution >= 0.6 is 0 Å². The van der Waals surface area contributed by atoms with Crippen molar-refractivity contribution in [1.82, 2.24) is 19.3 Å². The number of hydrogen-bond acceptors (Lipinski definition) is 6. The molecule has 1 aromatic carbocycles. The fourth-order valence-electron chi connectivity index (χ4n) is 4.78. The Kier molecular flexibility index (Phi) is 6.36. The Hall–Kier alpha value is -4.66. The van der Waals surface area contributed by atoms with E-state index < -0.39 is 0 Å². The van der Waals surface area contributed by atoms with E-state index in [1.54, 1.807) is 24.4 Å². The molecule has 0 radical (unpaired) electrons. The van der Waals surface area contributed by atoms with Crippen LogP contribution in [-0.2, 0) is 0 Å². The minimum Gasteiger partial charge on any atom is -0.369 e. The highest BCUT2D eigenvalue weighted by Crippen LogP contribution is 2.38. The highest BCUT2D eigenvalue weighted by atomic mass is 16.1. The van der Waals surface area contributed by atoms with Crippen molar-refractivity contribution in [3.8, 4) is 29.2 Å². The lowest BCUT2D eigenvalue weighted by atomic mass is 10.0. The summed E-state index contributed by atoms with van der Waals surface area (Å²) < 4.78 is 1.98. The number of rotatable bonds is 5. The van der Waals surface area contributed by atoms with Gasteiger partial charge >= 0.3 is 0 Å². The van der Waals surface area contributed by atoms with Gasteiger partial charge in [0, 0.05) is 24.0 Å². The predicted molar refractivity (Wildman–Crippen MR) is 139 cm³/mol. The molecule has 1 aliphatic heterocycles. The van der Waals surface area contributed by atoms with Gasteiger partial charge in [-0.2, -0.15) is 5.26 Å². The molecule has 1 saturated heterocycles. The van der Waals surface area contributed by atoms with E-state index in [1.807, 2.05) is 35.6 Å². The largest absolute Gasteiger partial charge is 0.369 e. The quantitative estimate of drug-likeness (QED) is 0.417. The van der Waals surface area contributed by atoms with Crippen molar-refractivity contribution in [2.45, 2.75) is 25.8 Å². The van der Waals surface area contributed by atoms with E-state index in [1.165, 1.54) is 17.8 Å². The number of hydrogen-bond donors (Lipinski definition) is 2. The Morgan fingerprint density at radius 2 is 1.97 bits per heavy atom. The average Bonchev–Trinajstić information content (AvgIpc) is 3.53. The first-order valence-electron chi connectivity index (χ1n) is 11.8. The predicted octanol–water partition coefficient (Wildman–Crippen LogP) is 4.26. The van der Waals surface area contributed by atoms with E-state index in [0.29, 0.717) is 22.9 Å². The molecule has 5 rings (SSSR count). The minimum atomic E-state index is -0.301. The maximum Gasteiger partial charge on any atom is 0.256 e. The van der Waals surface area contributed by atoms with Crippen LogP contribution in [0.15, 0.2) is 60.9 Å². The van der Waals surface area contributed by atoms with Gasteiger partial charge in [-0.3, -0.25) is 14.1 Å². The topological polar surface area (TPSA) is 112 Å². The van der Waals surface area contributed by atoms with Gasteiger partial charge in [0.25, 0.3) is 5.91 Å². The number of likely N-dealkylation sites (tertiary alicyclic amines) is 1. The highest BCUT2D eigenvalue weighted by Gasteiger charge is 2.29. The summed E-state index contributed by atoms with van der Waals surface area (Å²) in [6.07, 6.45) is 5.42. The van der Waals surface area contributed by atoms with Gasteiger partial charge in [0.1, 0.15) is 5.82 Å². The molecule has 1 aliphatic rings. The first-order valence-corrected chi connectivity index (χ1v) is 11.8. The number of anilines is 2. The summed E-state index contributed by atoms with van der Waals surface area (Å²) in [7, 11) is 0. The number of benzene rings is 1. The van der Waals surface area contributed by atoms with Gasteiger partial charge in [0.15, 0.2) is 0 Å². The normalized spacial score (nSPS) is 15.3. The fraction of sp³-hybridized carbons (Fsp3) is 0.214. The van der Waals surface area contributed by atoms with Crippen LogP contribution in [0.3, 0.4) is 0 Å². The lowest BCUT2D eigenvalue weighted by Crippen LogP contribution is -2.23. The Morgan fingerprint density at radius 3 is 2.75 bits per heavy atom. The number of carbonyl (C=O) groups excluding carboxylic acids is 1. The van der Waals surface area contributed by atoms with Crippen molar-refractivity contribution >= 4 is 23.2 Å². The van der Waals surface area contributed by atoms with Crippen LogP contribution in [-0.4, -0.2) is 38.3 Å². The van der Waals surface area contributed by atoms with Crippen molar-refractivity contribution in [3.63, 3.8) is 0 Å². The summed E-state index contributed by atoms with van der Waals surface area (Å²) in [6.45, 7) is 3.63. The number of pyridine rings is 1. The van der Waals surface area contributed by atoms with E-state index in [4.69, 9.17) is 11.0 Å². The summed E-state index contributed by atoms with van der Waals surface area (Å²) in [5.41, 5.74) is 11.3. The molecule has 8 heteroatoms. The zero-order valence-corrected chi connectivity index (χ0v) is 19.9. The van der Waals surface area contributed by atoms with Crippen molar-refractivity contribution in [3.05, 3.63) is 77.6 Å². The molecule has 1 fully saturated rings. The monoisotopic (exact) mass is 475 g/mol. The van der Waals surface area contributed by atoms with Crippen molar-refractivity contribution in [2.24, 2.45) is 0 Å². The number of nitrogens with two attached hydrogens (primary N) is 1. The molecular formula is C28H25N7O. The van der Waals surface area contributed by atoms with E-state index >= 15 is 0 Å². The van der Waals surface area contributed by atoms with Gasteiger partial charge in [0.2, 0.25) is 5.95 Å². The van der Waals surface area contributed by atoms with Gasteiger partial charge in [-0.25, -0.2) is 9.97 Å². The first-order chi connectivity index (χ1) is 17.6. The maximum absolute atomic E-state index is 12.7. The number of nitrogen functional groups attached to an aromatic ring is 1. The van der Waals surface area contributed by atoms with Crippen LogP contribution in [0.25, 0.3) is 16.8 Å². The molecule has 1 atom stereocenters. The summed E-state index contributed by atoms with van der Waals surface area (Å²) in [5, 5.41) is 11.8. The van der Waals surface area contributed by atoms with Crippen LogP contribution in [0.4, 0.5) is 11.8 Å². The molecule has 0 bridgehead atoms. The van der Waals surface area contributed by atoms with Crippen LogP contribution in [0.2, 0.25) is 0 Å². The third-order valence-corrected chi connectivity index (χ3v) is 6.49. The minimum absolute atomic E-state index is 0.262. The van der Waals surface area contributed by atoms with E-state index in [-0.39, 0.29) is 11.9 Å². The standard InChI is InChI=1S/C28H25N7O/c1-2-3-14-34-15-4-5-23(34)22-17-25(35-24(22)11-13-32-28(35)30)20-6-8-21(9-7-20)27(36)33-26-16-19(18-29)10-12-31-26/h6-13,16-17,23H,4-5,14-15H2,1H3,(H2,30,32)(H,31,33,36). The Labute approximate surface area is 209 Å². The number of amides is 1. The molecule has 178 valence electrons. The smallest absolute Gasteiger partial charge is 0.256 e. The molecule has 1 unspecified atom stereocenters.